The molecule has 2 aromatic rings. The van der Waals surface area contributed by atoms with E-state index in [4.69, 9.17) is 5.73 Å². The van der Waals surface area contributed by atoms with Gasteiger partial charge in [0.15, 0.2) is 0 Å². The zero-order valence-electron chi connectivity index (χ0n) is 9.47. The highest BCUT2D eigenvalue weighted by atomic mass is 32.1. The van der Waals surface area contributed by atoms with Crippen LogP contribution in [0, 0.1) is 0 Å². The molecule has 0 aliphatic carbocycles. The fraction of sp³-hybridized carbons (Fsp3) is 0.250. The zero-order chi connectivity index (χ0) is 12.3. The lowest BCUT2D eigenvalue weighted by atomic mass is 10.1. The highest BCUT2D eigenvalue weighted by Gasteiger charge is 2.14. The predicted octanol–water partition coefficient (Wildman–Crippen LogP) is 2.75. The van der Waals surface area contributed by atoms with Crippen molar-refractivity contribution in [3.63, 3.8) is 0 Å². The van der Waals surface area contributed by atoms with E-state index in [9.17, 15) is 4.79 Å². The molecule has 90 valence electrons. The number of nitrogens with one attached hydrogen (secondary N) is 1. The number of hydrogen-bond donors (Lipinski definition) is 2. The van der Waals surface area contributed by atoms with Crippen molar-refractivity contribution in [1.82, 2.24) is 5.32 Å². The Bertz CT molecular complexity index is 490. The van der Waals surface area contributed by atoms with Crippen LogP contribution >= 0.6 is 22.7 Å². The van der Waals surface area contributed by atoms with Gasteiger partial charge in [-0.2, -0.15) is 11.3 Å². The summed E-state index contributed by atoms with van der Waals surface area (Å²) in [5.74, 6) is -0.0831. The summed E-state index contributed by atoms with van der Waals surface area (Å²) in [6.07, 6.45) is 0.848. The molecule has 1 atom stereocenters. The molecule has 2 heterocycles. The Morgan fingerprint density at radius 2 is 2.29 bits per heavy atom. The summed E-state index contributed by atoms with van der Waals surface area (Å²) in [5, 5.41) is 8.93. The normalized spacial score (nSPS) is 12.3. The van der Waals surface area contributed by atoms with Crippen LogP contribution in [0.15, 0.2) is 28.3 Å². The van der Waals surface area contributed by atoms with Crippen LogP contribution in [0.4, 0.5) is 5.69 Å². The average molecular weight is 266 g/mol. The van der Waals surface area contributed by atoms with Crippen molar-refractivity contribution >= 4 is 34.3 Å². The number of nitrogens with two attached hydrogens (primary N) is 1. The maximum atomic E-state index is 11.9. The van der Waals surface area contributed by atoms with Crippen molar-refractivity contribution < 1.29 is 4.79 Å². The Labute approximate surface area is 108 Å². The first-order chi connectivity index (χ1) is 8.16. The molecule has 1 unspecified atom stereocenters. The maximum Gasteiger partial charge on any atom is 0.263 e. The lowest BCUT2D eigenvalue weighted by molar-refractivity contribution is 0.0945. The van der Waals surface area contributed by atoms with Crippen LogP contribution in [0.3, 0.4) is 0 Å². The molecule has 0 fully saturated rings. The van der Waals surface area contributed by atoms with Crippen LogP contribution in [-0.4, -0.2) is 11.9 Å². The van der Waals surface area contributed by atoms with Crippen LogP contribution in [0.2, 0.25) is 0 Å². The molecule has 3 nitrogen and oxygen atoms in total. The monoisotopic (exact) mass is 266 g/mol. The van der Waals surface area contributed by atoms with E-state index < -0.39 is 0 Å². The zero-order valence-corrected chi connectivity index (χ0v) is 11.1. The lowest BCUT2D eigenvalue weighted by Crippen LogP contribution is -2.33. The molecule has 0 saturated heterocycles. The van der Waals surface area contributed by atoms with Gasteiger partial charge in [0, 0.05) is 6.04 Å². The number of anilines is 1. The number of rotatable bonds is 4. The quantitative estimate of drug-likeness (QED) is 0.894. The first kappa shape index (κ1) is 12.1. The van der Waals surface area contributed by atoms with Gasteiger partial charge in [0.1, 0.15) is 4.88 Å². The number of carbonyl (C=O) groups excluding carboxylic acids is 1. The van der Waals surface area contributed by atoms with Crippen LogP contribution in [0.1, 0.15) is 22.2 Å². The van der Waals surface area contributed by atoms with Crippen molar-refractivity contribution in [1.29, 1.82) is 0 Å². The van der Waals surface area contributed by atoms with Crippen LogP contribution in [0.5, 0.6) is 0 Å². The number of amides is 1. The van der Waals surface area contributed by atoms with Gasteiger partial charge in [0.2, 0.25) is 0 Å². The molecule has 0 saturated carbocycles. The second kappa shape index (κ2) is 5.33. The minimum atomic E-state index is -0.0831. The van der Waals surface area contributed by atoms with Gasteiger partial charge in [-0.3, -0.25) is 4.79 Å². The summed E-state index contributed by atoms with van der Waals surface area (Å²) >= 11 is 3.04. The summed E-state index contributed by atoms with van der Waals surface area (Å²) < 4.78 is 0. The van der Waals surface area contributed by atoms with E-state index in [1.807, 2.05) is 17.7 Å². The molecule has 0 aliphatic heterocycles. The molecule has 1 amide bonds. The maximum absolute atomic E-state index is 11.9. The molecule has 2 rings (SSSR count). The van der Waals surface area contributed by atoms with E-state index in [0.717, 1.165) is 6.42 Å². The minimum Gasteiger partial charge on any atom is -0.397 e. The molecule has 0 aliphatic rings. The minimum absolute atomic E-state index is 0.0831. The molecule has 0 spiro atoms. The topological polar surface area (TPSA) is 55.1 Å². The molecule has 0 radical (unpaired) electrons. The highest BCUT2D eigenvalue weighted by molar-refractivity contribution is 7.12. The van der Waals surface area contributed by atoms with E-state index in [2.05, 4.69) is 16.8 Å². The Kier molecular flexibility index (Phi) is 3.81. The third kappa shape index (κ3) is 3.08. The first-order valence-corrected chi connectivity index (χ1v) is 7.14. The molecule has 0 aromatic carbocycles. The van der Waals surface area contributed by atoms with E-state index >= 15 is 0 Å². The summed E-state index contributed by atoms with van der Waals surface area (Å²) in [6, 6.07) is 3.94. The Morgan fingerprint density at radius 1 is 1.47 bits per heavy atom. The van der Waals surface area contributed by atoms with Crippen LogP contribution < -0.4 is 11.1 Å². The third-order valence-electron chi connectivity index (χ3n) is 2.40. The van der Waals surface area contributed by atoms with E-state index in [0.29, 0.717) is 10.6 Å². The van der Waals surface area contributed by atoms with Gasteiger partial charge in [-0.25, -0.2) is 0 Å². The van der Waals surface area contributed by atoms with Gasteiger partial charge in [-0.05, 0) is 47.2 Å². The summed E-state index contributed by atoms with van der Waals surface area (Å²) in [4.78, 5) is 12.5. The fourth-order valence-corrected chi connectivity index (χ4v) is 3.01. The first-order valence-electron chi connectivity index (χ1n) is 5.31. The molecule has 17 heavy (non-hydrogen) atoms. The molecular weight excluding hydrogens is 252 g/mol. The van der Waals surface area contributed by atoms with Crippen LogP contribution in [-0.2, 0) is 6.42 Å². The number of nitrogen functional groups attached to an aromatic ring is 1. The molecule has 5 heteroatoms. The largest absolute Gasteiger partial charge is 0.397 e. The van der Waals surface area contributed by atoms with Gasteiger partial charge in [-0.1, -0.05) is 0 Å². The molecular formula is C12H14N2OS2. The summed E-state index contributed by atoms with van der Waals surface area (Å²) in [5.41, 5.74) is 7.51. The smallest absolute Gasteiger partial charge is 0.263 e. The lowest BCUT2D eigenvalue weighted by Gasteiger charge is -2.12. The predicted molar refractivity (Wildman–Crippen MR) is 73.7 cm³/mol. The van der Waals surface area contributed by atoms with Gasteiger partial charge in [0.25, 0.3) is 5.91 Å². The van der Waals surface area contributed by atoms with Crippen molar-refractivity contribution in [2.24, 2.45) is 0 Å². The molecule has 0 bridgehead atoms. The van der Waals surface area contributed by atoms with Crippen molar-refractivity contribution in [3.05, 3.63) is 38.7 Å². The standard InChI is InChI=1S/C12H14N2OS2/c1-8(6-9-2-4-16-7-9)14-12(15)11-10(13)3-5-17-11/h2-5,7-8H,6,13H2,1H3,(H,14,15). The van der Waals surface area contributed by atoms with Gasteiger partial charge in [-0.15, -0.1) is 11.3 Å². The van der Waals surface area contributed by atoms with Gasteiger partial charge >= 0.3 is 0 Å². The fourth-order valence-electron chi connectivity index (χ4n) is 1.61. The number of hydrogen-bond acceptors (Lipinski definition) is 4. The van der Waals surface area contributed by atoms with Gasteiger partial charge in [0.05, 0.1) is 5.69 Å². The van der Waals surface area contributed by atoms with Gasteiger partial charge < -0.3 is 11.1 Å². The number of thiophene rings is 2. The Balaban J connectivity index is 1.93. The SMILES string of the molecule is CC(Cc1ccsc1)NC(=O)c1sccc1N. The Hall–Kier alpha value is -1.33. The summed E-state index contributed by atoms with van der Waals surface area (Å²) in [6.45, 7) is 2.00. The highest BCUT2D eigenvalue weighted by Crippen LogP contribution is 2.18. The number of carbonyl (C=O) groups is 1. The second-order valence-corrected chi connectivity index (χ2v) is 5.61. The average Bonchev–Trinajstić information content (AvgIpc) is 2.88. The molecule has 2 aromatic heterocycles. The Morgan fingerprint density at radius 3 is 2.88 bits per heavy atom. The van der Waals surface area contributed by atoms with E-state index in [1.165, 1.54) is 16.9 Å². The third-order valence-corrected chi connectivity index (χ3v) is 4.06. The molecule has 3 N–H and O–H groups in total. The van der Waals surface area contributed by atoms with E-state index in [1.54, 1.807) is 17.4 Å². The van der Waals surface area contributed by atoms with Crippen molar-refractivity contribution in [3.8, 4) is 0 Å². The van der Waals surface area contributed by atoms with Crippen LogP contribution in [0.25, 0.3) is 0 Å². The summed E-state index contributed by atoms with van der Waals surface area (Å²) in [7, 11) is 0. The van der Waals surface area contributed by atoms with Crippen molar-refractivity contribution in [2.75, 3.05) is 5.73 Å². The second-order valence-electron chi connectivity index (χ2n) is 3.92. The van der Waals surface area contributed by atoms with E-state index in [-0.39, 0.29) is 11.9 Å². The van der Waals surface area contributed by atoms with Crippen molar-refractivity contribution in [2.45, 2.75) is 19.4 Å².